The second-order valence-electron chi connectivity index (χ2n) is 4.90. The Morgan fingerprint density at radius 2 is 2.22 bits per heavy atom. The number of anilines is 1. The number of aliphatic hydroxyl groups excluding tert-OH is 1. The van der Waals surface area contributed by atoms with Gasteiger partial charge in [-0.2, -0.15) is 0 Å². The van der Waals surface area contributed by atoms with Gasteiger partial charge in [-0.1, -0.05) is 12.2 Å². The van der Waals surface area contributed by atoms with Crippen LogP contribution in [0.1, 0.15) is 18.4 Å². The van der Waals surface area contributed by atoms with Crippen molar-refractivity contribution < 1.29 is 5.11 Å². The zero-order valence-electron chi connectivity index (χ0n) is 10.3. The number of halogens is 1. The number of thiocarbonyl (C=S) groups is 1. The second-order valence-corrected chi connectivity index (χ2v) is 6.19. The molecule has 0 atom stereocenters. The van der Waals surface area contributed by atoms with E-state index in [1.807, 2.05) is 18.2 Å². The average Bonchev–Trinajstić information content (AvgIpc) is 2.26. The van der Waals surface area contributed by atoms with Gasteiger partial charge in [0, 0.05) is 29.3 Å². The molecule has 0 aromatic heterocycles. The van der Waals surface area contributed by atoms with E-state index in [0.29, 0.717) is 10.9 Å². The molecule has 0 aliphatic heterocycles. The van der Waals surface area contributed by atoms with Gasteiger partial charge in [0.1, 0.15) is 4.99 Å². The Morgan fingerprint density at radius 3 is 2.72 bits per heavy atom. The van der Waals surface area contributed by atoms with E-state index >= 15 is 0 Å². The minimum Gasteiger partial charge on any atom is -0.393 e. The quantitative estimate of drug-likeness (QED) is 0.832. The Kier molecular flexibility index (Phi) is 4.25. The molecule has 1 aromatic carbocycles. The number of rotatable bonds is 4. The SMILES string of the molecule is CN(CC1CC(O)C1)c1ccc(C(N)=S)c(Br)c1. The molecule has 98 valence electrons. The summed E-state index contributed by atoms with van der Waals surface area (Å²) in [6.45, 7) is 0.968. The Hall–Kier alpha value is -0.650. The molecule has 1 aliphatic carbocycles. The number of nitrogens with zero attached hydrogens (tertiary/aromatic N) is 1. The maximum atomic E-state index is 9.29. The van der Waals surface area contributed by atoms with Crippen LogP contribution >= 0.6 is 28.1 Å². The molecule has 0 radical (unpaired) electrons. The van der Waals surface area contributed by atoms with E-state index < -0.39 is 0 Å². The third kappa shape index (κ3) is 3.02. The highest BCUT2D eigenvalue weighted by Crippen LogP contribution is 2.30. The van der Waals surface area contributed by atoms with Gasteiger partial charge in [0.15, 0.2) is 0 Å². The molecule has 0 saturated heterocycles. The van der Waals surface area contributed by atoms with E-state index in [1.165, 1.54) is 0 Å². The maximum Gasteiger partial charge on any atom is 0.105 e. The van der Waals surface area contributed by atoms with Gasteiger partial charge < -0.3 is 15.7 Å². The van der Waals surface area contributed by atoms with Crippen molar-refractivity contribution in [1.29, 1.82) is 0 Å². The van der Waals surface area contributed by atoms with Crippen LogP contribution in [-0.2, 0) is 0 Å². The van der Waals surface area contributed by atoms with Crippen molar-refractivity contribution in [1.82, 2.24) is 0 Å². The number of benzene rings is 1. The standard InChI is InChI=1S/C13H17BrN2OS/c1-16(7-8-4-10(17)5-8)9-2-3-11(13(15)18)12(14)6-9/h2-3,6,8,10,17H,4-5,7H2,1H3,(H2,15,18). The molecule has 0 heterocycles. The molecule has 0 amide bonds. The Morgan fingerprint density at radius 1 is 1.56 bits per heavy atom. The Labute approximate surface area is 121 Å². The molecule has 0 spiro atoms. The van der Waals surface area contributed by atoms with Crippen molar-refractivity contribution in [2.75, 3.05) is 18.5 Å². The lowest BCUT2D eigenvalue weighted by Crippen LogP contribution is -2.37. The van der Waals surface area contributed by atoms with E-state index in [9.17, 15) is 5.11 Å². The Balaban J connectivity index is 2.04. The van der Waals surface area contributed by atoms with Crippen molar-refractivity contribution >= 4 is 38.8 Å². The zero-order chi connectivity index (χ0) is 13.3. The zero-order valence-corrected chi connectivity index (χ0v) is 12.7. The van der Waals surface area contributed by atoms with Gasteiger partial charge in [0.2, 0.25) is 0 Å². The molecule has 0 bridgehead atoms. The molecule has 18 heavy (non-hydrogen) atoms. The highest BCUT2D eigenvalue weighted by atomic mass is 79.9. The summed E-state index contributed by atoms with van der Waals surface area (Å²) in [7, 11) is 2.06. The second kappa shape index (κ2) is 5.55. The van der Waals surface area contributed by atoms with Crippen LogP contribution in [0.15, 0.2) is 22.7 Å². The maximum absolute atomic E-state index is 9.29. The lowest BCUT2D eigenvalue weighted by molar-refractivity contribution is 0.0465. The highest BCUT2D eigenvalue weighted by Gasteiger charge is 2.28. The van der Waals surface area contributed by atoms with E-state index in [4.69, 9.17) is 18.0 Å². The number of hydrogen-bond acceptors (Lipinski definition) is 3. The predicted octanol–water partition coefficient (Wildman–Crippen LogP) is 2.29. The van der Waals surface area contributed by atoms with Crippen molar-refractivity contribution in [3.8, 4) is 0 Å². The van der Waals surface area contributed by atoms with E-state index in [0.717, 1.165) is 35.1 Å². The summed E-state index contributed by atoms with van der Waals surface area (Å²) in [6, 6.07) is 5.99. The van der Waals surface area contributed by atoms with Gasteiger partial charge in [-0.15, -0.1) is 0 Å². The van der Waals surface area contributed by atoms with E-state index in [2.05, 4.69) is 27.9 Å². The van der Waals surface area contributed by atoms with Crippen LogP contribution in [0.3, 0.4) is 0 Å². The normalized spacial score (nSPS) is 22.4. The molecule has 3 N–H and O–H groups in total. The topological polar surface area (TPSA) is 49.5 Å². The minimum atomic E-state index is -0.0906. The smallest absolute Gasteiger partial charge is 0.105 e. The van der Waals surface area contributed by atoms with E-state index in [1.54, 1.807) is 0 Å². The first-order valence-corrected chi connectivity index (χ1v) is 7.16. The minimum absolute atomic E-state index is 0.0906. The van der Waals surface area contributed by atoms with Crippen molar-refractivity contribution in [2.45, 2.75) is 18.9 Å². The van der Waals surface area contributed by atoms with Gasteiger partial charge in [-0.05, 0) is 52.9 Å². The predicted molar refractivity (Wildman–Crippen MR) is 82.0 cm³/mol. The monoisotopic (exact) mass is 328 g/mol. The van der Waals surface area contributed by atoms with Gasteiger partial charge in [-0.25, -0.2) is 0 Å². The molecule has 2 rings (SSSR count). The summed E-state index contributed by atoms with van der Waals surface area (Å²) in [5.41, 5.74) is 7.62. The lowest BCUT2D eigenvalue weighted by atomic mass is 9.82. The van der Waals surface area contributed by atoms with Crippen LogP contribution in [0, 0.1) is 5.92 Å². The first kappa shape index (κ1) is 13.8. The van der Waals surface area contributed by atoms with Crippen LogP contribution in [0.5, 0.6) is 0 Å². The van der Waals surface area contributed by atoms with Crippen molar-refractivity contribution in [3.05, 3.63) is 28.2 Å². The van der Waals surface area contributed by atoms with Gasteiger partial charge in [0.25, 0.3) is 0 Å². The van der Waals surface area contributed by atoms with Crippen LogP contribution in [0.25, 0.3) is 0 Å². The molecule has 1 saturated carbocycles. The molecule has 0 unspecified atom stereocenters. The molecule has 1 fully saturated rings. The fourth-order valence-corrected chi connectivity index (χ4v) is 3.17. The van der Waals surface area contributed by atoms with Gasteiger partial charge >= 0.3 is 0 Å². The van der Waals surface area contributed by atoms with Crippen LogP contribution < -0.4 is 10.6 Å². The third-order valence-electron chi connectivity index (χ3n) is 3.40. The van der Waals surface area contributed by atoms with Crippen LogP contribution in [-0.4, -0.2) is 29.8 Å². The summed E-state index contributed by atoms with van der Waals surface area (Å²) in [5, 5.41) is 9.29. The summed E-state index contributed by atoms with van der Waals surface area (Å²) < 4.78 is 0.924. The fraction of sp³-hybridized carbons (Fsp3) is 0.462. The summed E-state index contributed by atoms with van der Waals surface area (Å²) in [5.74, 6) is 0.596. The lowest BCUT2D eigenvalue weighted by Gasteiger charge is -2.35. The first-order chi connectivity index (χ1) is 8.47. The number of aliphatic hydroxyl groups is 1. The Bertz CT molecular complexity index is 460. The number of nitrogens with two attached hydrogens (primary N) is 1. The van der Waals surface area contributed by atoms with Gasteiger partial charge in [-0.3, -0.25) is 0 Å². The molecule has 3 nitrogen and oxygen atoms in total. The summed E-state index contributed by atoms with van der Waals surface area (Å²) >= 11 is 8.46. The highest BCUT2D eigenvalue weighted by molar-refractivity contribution is 9.10. The molecule has 5 heteroatoms. The molecule has 1 aliphatic rings. The first-order valence-electron chi connectivity index (χ1n) is 5.96. The van der Waals surface area contributed by atoms with E-state index in [-0.39, 0.29) is 6.10 Å². The number of hydrogen-bond donors (Lipinski definition) is 2. The summed E-state index contributed by atoms with van der Waals surface area (Å²) in [6.07, 6.45) is 1.74. The average molecular weight is 329 g/mol. The summed E-state index contributed by atoms with van der Waals surface area (Å²) in [4.78, 5) is 2.60. The van der Waals surface area contributed by atoms with Crippen LogP contribution in [0.2, 0.25) is 0 Å². The molecular weight excluding hydrogens is 312 g/mol. The largest absolute Gasteiger partial charge is 0.393 e. The van der Waals surface area contributed by atoms with Gasteiger partial charge in [0.05, 0.1) is 6.10 Å². The fourth-order valence-electron chi connectivity index (χ4n) is 2.28. The van der Waals surface area contributed by atoms with Crippen LogP contribution in [0.4, 0.5) is 5.69 Å². The van der Waals surface area contributed by atoms with Crippen molar-refractivity contribution in [2.24, 2.45) is 11.7 Å². The third-order valence-corrected chi connectivity index (χ3v) is 4.28. The molecular formula is C13H17BrN2OS. The van der Waals surface area contributed by atoms with Crippen molar-refractivity contribution in [3.63, 3.8) is 0 Å². The molecule has 1 aromatic rings.